The van der Waals surface area contributed by atoms with Crippen molar-refractivity contribution in [2.45, 2.75) is 121 Å². The molecule has 1 aliphatic heterocycles. The van der Waals surface area contributed by atoms with Crippen molar-refractivity contribution in [3.05, 3.63) is 99.4 Å². The lowest BCUT2D eigenvalue weighted by Crippen LogP contribution is -2.31. The molecule has 0 spiro atoms. The third-order valence-corrected chi connectivity index (χ3v) is 9.08. The van der Waals surface area contributed by atoms with Crippen molar-refractivity contribution < 1.29 is 0 Å². The maximum atomic E-state index is 5.41. The summed E-state index contributed by atoms with van der Waals surface area (Å²) < 4.78 is 2.30. The van der Waals surface area contributed by atoms with Gasteiger partial charge in [-0.3, -0.25) is 0 Å². The molecule has 3 heterocycles. The first-order chi connectivity index (χ1) is 21.9. The van der Waals surface area contributed by atoms with Gasteiger partial charge < -0.3 is 4.90 Å². The minimum absolute atomic E-state index is 0.528. The molecule has 4 heteroatoms. The molecule has 0 saturated heterocycles. The molecule has 2 aromatic heterocycles. The number of para-hydroxylation sites is 1. The summed E-state index contributed by atoms with van der Waals surface area (Å²) in [7, 11) is 0. The van der Waals surface area contributed by atoms with E-state index in [4.69, 9.17) is 10.1 Å². The van der Waals surface area contributed by atoms with Crippen molar-refractivity contribution in [3.8, 4) is 16.9 Å². The van der Waals surface area contributed by atoms with Gasteiger partial charge in [0.2, 0.25) is 0 Å². The molecule has 1 atom stereocenters. The number of hydrogen-bond acceptors (Lipinski definition) is 3. The van der Waals surface area contributed by atoms with Gasteiger partial charge in [0.25, 0.3) is 0 Å². The molecule has 0 bridgehead atoms. The molecule has 0 radical (unpaired) electrons. The predicted octanol–water partition coefficient (Wildman–Crippen LogP) is 11.1. The van der Waals surface area contributed by atoms with E-state index in [1.165, 1.54) is 61.6 Å². The lowest BCUT2D eigenvalue weighted by atomic mass is 9.90. The Balaban J connectivity index is 0.00000133. The van der Waals surface area contributed by atoms with Gasteiger partial charge in [0.15, 0.2) is 0 Å². The number of pyridine rings is 1. The van der Waals surface area contributed by atoms with Crippen LogP contribution in [0.4, 0.5) is 5.82 Å². The van der Waals surface area contributed by atoms with Gasteiger partial charge in [-0.05, 0) is 84.9 Å². The zero-order valence-electron chi connectivity index (χ0n) is 30.1. The Morgan fingerprint density at radius 1 is 0.867 bits per heavy atom. The van der Waals surface area contributed by atoms with Gasteiger partial charge in [0.1, 0.15) is 5.82 Å². The van der Waals surface area contributed by atoms with E-state index >= 15 is 0 Å². The second kappa shape index (κ2) is 17.1. The average Bonchev–Trinajstić information content (AvgIpc) is 3.48. The largest absolute Gasteiger partial charge is 0.352 e. The molecule has 0 saturated carbocycles. The van der Waals surface area contributed by atoms with Gasteiger partial charge in [0, 0.05) is 36.8 Å². The summed E-state index contributed by atoms with van der Waals surface area (Å²) in [6.07, 6.45) is 11.5. The van der Waals surface area contributed by atoms with Crippen LogP contribution < -0.4 is 4.90 Å². The molecule has 0 N–H and O–H groups in total. The van der Waals surface area contributed by atoms with Crippen LogP contribution in [-0.4, -0.2) is 21.3 Å². The summed E-state index contributed by atoms with van der Waals surface area (Å²) in [6.45, 7) is 25.4. The fourth-order valence-electron chi connectivity index (χ4n) is 6.35. The lowest BCUT2D eigenvalue weighted by molar-refractivity contribution is 0.700. The van der Waals surface area contributed by atoms with Gasteiger partial charge in [0.05, 0.1) is 17.1 Å². The number of nitrogens with zero attached hydrogens (tertiary/aromatic N) is 4. The first kappa shape index (κ1) is 35.8. The number of benzene rings is 2. The monoisotopic (exact) mass is 606 g/mol. The van der Waals surface area contributed by atoms with Crippen molar-refractivity contribution in [1.82, 2.24) is 14.8 Å². The Morgan fingerprint density at radius 3 is 2.09 bits per heavy atom. The van der Waals surface area contributed by atoms with E-state index in [0.717, 1.165) is 51.0 Å². The van der Waals surface area contributed by atoms with E-state index in [0.29, 0.717) is 5.92 Å². The fraction of sp³-hybridized carbons (Fsp3) is 0.463. The number of rotatable bonds is 9. The summed E-state index contributed by atoms with van der Waals surface area (Å²) in [5, 5.41) is 5.41. The Kier molecular flexibility index (Phi) is 13.6. The maximum Gasteiger partial charge on any atom is 0.128 e. The SMILES string of the molecule is C/C=C\c1c(-c2c3c(nn2-c2c(CC)cccc2CC)CCN(c2ccc(C(C)CC)cn2)C3)ccc(CC)c1C.CC.CC. The highest BCUT2D eigenvalue weighted by Crippen LogP contribution is 2.39. The van der Waals surface area contributed by atoms with Crippen molar-refractivity contribution in [2.24, 2.45) is 0 Å². The van der Waals surface area contributed by atoms with Crippen LogP contribution in [0.5, 0.6) is 0 Å². The summed E-state index contributed by atoms with van der Waals surface area (Å²) >= 11 is 0. The minimum atomic E-state index is 0.528. The van der Waals surface area contributed by atoms with E-state index in [2.05, 4.69) is 119 Å². The predicted molar refractivity (Wildman–Crippen MR) is 197 cm³/mol. The molecule has 1 aliphatic rings. The standard InChI is InChI=1S/C37H46N4.2C2H6/c1-8-14-31-26(7)27(10-3)17-19-32(31)37-33-24-40(35-20-18-30(23-38-35)25(6)9-2)22-21-34(33)39-41(37)36-28(11-4)15-13-16-29(36)12-5;2*1-2/h8,13-20,23,25H,9-12,21-22,24H2,1-7H3;2*1-2H3/b14-8-;;. The van der Waals surface area contributed by atoms with Gasteiger partial charge in [-0.25, -0.2) is 9.67 Å². The van der Waals surface area contributed by atoms with E-state index in [1.807, 2.05) is 27.7 Å². The number of aromatic nitrogens is 3. The van der Waals surface area contributed by atoms with Crippen molar-refractivity contribution in [1.29, 1.82) is 0 Å². The first-order valence-corrected chi connectivity index (χ1v) is 17.6. The van der Waals surface area contributed by atoms with Crippen LogP contribution in [0.1, 0.15) is 126 Å². The summed E-state index contributed by atoms with van der Waals surface area (Å²) in [4.78, 5) is 7.38. The average molecular weight is 607 g/mol. The molecule has 2 aromatic carbocycles. The molecule has 4 aromatic rings. The first-order valence-electron chi connectivity index (χ1n) is 17.6. The van der Waals surface area contributed by atoms with Crippen LogP contribution in [0.15, 0.2) is 54.7 Å². The zero-order valence-corrected chi connectivity index (χ0v) is 30.1. The maximum absolute atomic E-state index is 5.41. The number of aryl methyl sites for hydroxylation is 3. The number of anilines is 1. The second-order valence-corrected chi connectivity index (χ2v) is 11.4. The van der Waals surface area contributed by atoms with Crippen molar-refractivity contribution >= 4 is 11.9 Å². The Morgan fingerprint density at radius 2 is 1.53 bits per heavy atom. The van der Waals surface area contributed by atoms with Crippen LogP contribution in [0.25, 0.3) is 23.0 Å². The molecule has 0 amide bonds. The molecule has 4 nitrogen and oxygen atoms in total. The normalized spacial score (nSPS) is 13.1. The fourth-order valence-corrected chi connectivity index (χ4v) is 6.35. The lowest BCUT2D eigenvalue weighted by Gasteiger charge is -2.28. The zero-order chi connectivity index (χ0) is 33.1. The van der Waals surface area contributed by atoms with E-state index in [1.54, 1.807) is 0 Å². The summed E-state index contributed by atoms with van der Waals surface area (Å²) in [5.74, 6) is 1.58. The summed E-state index contributed by atoms with van der Waals surface area (Å²) in [5.41, 5.74) is 14.4. The Labute approximate surface area is 274 Å². The molecule has 0 aliphatic carbocycles. The Bertz CT molecular complexity index is 1520. The van der Waals surface area contributed by atoms with Crippen molar-refractivity contribution in [2.75, 3.05) is 11.4 Å². The van der Waals surface area contributed by atoms with E-state index < -0.39 is 0 Å². The number of hydrogen-bond donors (Lipinski definition) is 0. The highest BCUT2D eigenvalue weighted by Gasteiger charge is 2.29. The van der Waals surface area contributed by atoms with Crippen LogP contribution in [-0.2, 0) is 32.2 Å². The molecule has 0 fully saturated rings. The minimum Gasteiger partial charge on any atom is -0.352 e. The van der Waals surface area contributed by atoms with Crippen LogP contribution in [0.2, 0.25) is 0 Å². The molecule has 1 unspecified atom stereocenters. The van der Waals surface area contributed by atoms with Crippen LogP contribution in [0, 0.1) is 6.92 Å². The van der Waals surface area contributed by atoms with Crippen LogP contribution >= 0.6 is 0 Å². The van der Waals surface area contributed by atoms with E-state index in [9.17, 15) is 0 Å². The quantitative estimate of drug-likeness (QED) is 0.190. The highest BCUT2D eigenvalue weighted by molar-refractivity contribution is 5.80. The van der Waals surface area contributed by atoms with Gasteiger partial charge >= 0.3 is 0 Å². The third-order valence-electron chi connectivity index (χ3n) is 9.08. The Hall–Kier alpha value is -3.66. The topological polar surface area (TPSA) is 34.0 Å². The molecule has 242 valence electrons. The van der Waals surface area contributed by atoms with Gasteiger partial charge in [-0.1, -0.05) is 111 Å². The van der Waals surface area contributed by atoms with Gasteiger partial charge in [-0.15, -0.1) is 0 Å². The number of fused-ring (bicyclic) bond motifs is 1. The van der Waals surface area contributed by atoms with E-state index in [-0.39, 0.29) is 0 Å². The molecule has 5 rings (SSSR count). The third kappa shape index (κ3) is 7.43. The summed E-state index contributed by atoms with van der Waals surface area (Å²) in [6, 6.07) is 15.9. The molecular formula is C41H58N4. The second-order valence-electron chi connectivity index (χ2n) is 11.4. The number of allylic oxidation sites excluding steroid dienone is 1. The van der Waals surface area contributed by atoms with Crippen molar-refractivity contribution in [3.63, 3.8) is 0 Å². The molecule has 45 heavy (non-hydrogen) atoms. The highest BCUT2D eigenvalue weighted by atomic mass is 15.3. The van der Waals surface area contributed by atoms with Crippen LogP contribution in [0.3, 0.4) is 0 Å². The van der Waals surface area contributed by atoms with Gasteiger partial charge in [-0.2, -0.15) is 5.10 Å². The molecular weight excluding hydrogens is 548 g/mol. The smallest absolute Gasteiger partial charge is 0.128 e.